The Hall–Kier alpha value is -3.95. The Labute approximate surface area is 183 Å². The molecule has 2 heterocycles. The number of amides is 2. The summed E-state index contributed by atoms with van der Waals surface area (Å²) in [6.07, 6.45) is 0. The molecule has 0 atom stereocenters. The van der Waals surface area contributed by atoms with Crippen LogP contribution in [-0.2, 0) is 11.4 Å². The van der Waals surface area contributed by atoms with E-state index >= 15 is 0 Å². The van der Waals surface area contributed by atoms with Crippen molar-refractivity contribution < 1.29 is 23.2 Å². The number of carbonyl (C=O) groups excluding carboxylic acids is 2. The fraction of sp³-hybridized carbons (Fsp3) is 0.273. The van der Waals surface area contributed by atoms with E-state index in [1.165, 1.54) is 19.1 Å². The highest BCUT2D eigenvalue weighted by Crippen LogP contribution is 2.19. The summed E-state index contributed by atoms with van der Waals surface area (Å²) in [5, 5.41) is 6.49. The van der Waals surface area contributed by atoms with Crippen LogP contribution in [0, 0.1) is 5.82 Å². The fourth-order valence-electron chi connectivity index (χ4n) is 3.34. The molecule has 9 nitrogen and oxygen atoms in total. The van der Waals surface area contributed by atoms with E-state index in [0.717, 1.165) is 5.69 Å². The van der Waals surface area contributed by atoms with Gasteiger partial charge in [-0.3, -0.25) is 9.59 Å². The van der Waals surface area contributed by atoms with Gasteiger partial charge < -0.3 is 24.4 Å². The molecule has 1 aromatic heterocycles. The molecule has 10 heteroatoms. The van der Waals surface area contributed by atoms with Gasteiger partial charge in [0, 0.05) is 44.5 Å². The van der Waals surface area contributed by atoms with Gasteiger partial charge in [-0.1, -0.05) is 5.16 Å². The SMILES string of the molecule is CC(=O)Nc1ccc(OCc2noc(C(=O)N3CCN(c4ccc(F)cc4)CC3)n2)cc1. The maximum absolute atomic E-state index is 13.1. The molecule has 32 heavy (non-hydrogen) atoms. The monoisotopic (exact) mass is 439 g/mol. The van der Waals surface area contributed by atoms with E-state index in [0.29, 0.717) is 37.6 Å². The first-order chi connectivity index (χ1) is 15.5. The summed E-state index contributed by atoms with van der Waals surface area (Å²) in [5.41, 5.74) is 1.58. The summed E-state index contributed by atoms with van der Waals surface area (Å²) in [5.74, 6) is -0.0276. The highest BCUT2D eigenvalue weighted by Gasteiger charge is 2.26. The van der Waals surface area contributed by atoms with Crippen LogP contribution in [0.4, 0.5) is 15.8 Å². The number of anilines is 2. The molecule has 3 aromatic rings. The second-order valence-electron chi connectivity index (χ2n) is 7.27. The number of halogens is 1. The third kappa shape index (κ3) is 5.20. The molecular weight excluding hydrogens is 417 g/mol. The number of nitrogens with zero attached hydrogens (tertiary/aromatic N) is 4. The van der Waals surface area contributed by atoms with E-state index in [2.05, 4.69) is 20.4 Å². The first-order valence-corrected chi connectivity index (χ1v) is 10.1. The standard InChI is InChI=1S/C22H22FN5O4/c1-15(29)24-17-4-8-19(9-5-17)31-14-20-25-21(32-26-20)22(30)28-12-10-27(11-13-28)18-6-2-16(23)3-7-18/h2-9H,10-14H2,1H3,(H,24,29). The Kier molecular flexibility index (Phi) is 6.29. The molecule has 1 aliphatic heterocycles. The van der Waals surface area contributed by atoms with E-state index in [1.54, 1.807) is 41.3 Å². The van der Waals surface area contributed by atoms with E-state index in [-0.39, 0.29) is 36.0 Å². The molecule has 4 rings (SSSR count). The molecule has 0 aliphatic carbocycles. The molecule has 1 aliphatic rings. The first kappa shape index (κ1) is 21.3. The van der Waals surface area contributed by atoms with E-state index in [1.807, 2.05) is 0 Å². The molecule has 2 amide bonds. The minimum Gasteiger partial charge on any atom is -0.485 e. The predicted molar refractivity (Wildman–Crippen MR) is 114 cm³/mol. The molecular formula is C22H22FN5O4. The summed E-state index contributed by atoms with van der Waals surface area (Å²) >= 11 is 0. The lowest BCUT2D eigenvalue weighted by molar-refractivity contribution is -0.114. The van der Waals surface area contributed by atoms with Gasteiger partial charge in [0.1, 0.15) is 11.6 Å². The minimum absolute atomic E-state index is 0.0363. The molecule has 1 saturated heterocycles. The molecule has 0 radical (unpaired) electrons. The Morgan fingerprint density at radius 3 is 2.41 bits per heavy atom. The third-order valence-corrected chi connectivity index (χ3v) is 4.95. The Morgan fingerprint density at radius 2 is 1.75 bits per heavy atom. The van der Waals surface area contributed by atoms with Crippen LogP contribution in [0.5, 0.6) is 5.75 Å². The van der Waals surface area contributed by atoms with Crippen LogP contribution in [0.2, 0.25) is 0 Å². The average Bonchev–Trinajstić information content (AvgIpc) is 3.27. The molecule has 0 saturated carbocycles. The Morgan fingerprint density at radius 1 is 1.06 bits per heavy atom. The van der Waals surface area contributed by atoms with Crippen LogP contribution < -0.4 is 15.0 Å². The van der Waals surface area contributed by atoms with Gasteiger partial charge >= 0.3 is 11.8 Å². The second kappa shape index (κ2) is 9.46. The number of aromatic nitrogens is 2. The summed E-state index contributed by atoms with van der Waals surface area (Å²) < 4.78 is 23.8. The fourth-order valence-corrected chi connectivity index (χ4v) is 3.34. The average molecular weight is 439 g/mol. The predicted octanol–water partition coefficient (Wildman–Crippen LogP) is 2.71. The van der Waals surface area contributed by atoms with Crippen molar-refractivity contribution in [1.29, 1.82) is 0 Å². The van der Waals surface area contributed by atoms with Crippen molar-refractivity contribution in [2.24, 2.45) is 0 Å². The number of carbonyl (C=O) groups is 2. The van der Waals surface area contributed by atoms with Crippen molar-refractivity contribution in [1.82, 2.24) is 15.0 Å². The number of nitrogens with one attached hydrogen (secondary N) is 1. The van der Waals surface area contributed by atoms with Gasteiger partial charge in [0.15, 0.2) is 6.61 Å². The van der Waals surface area contributed by atoms with Crippen molar-refractivity contribution in [3.8, 4) is 5.75 Å². The molecule has 1 N–H and O–H groups in total. The Balaban J connectivity index is 1.28. The lowest BCUT2D eigenvalue weighted by atomic mass is 10.2. The number of rotatable bonds is 6. The maximum Gasteiger partial charge on any atom is 0.316 e. The van der Waals surface area contributed by atoms with Crippen LogP contribution in [0.1, 0.15) is 23.4 Å². The van der Waals surface area contributed by atoms with Crippen molar-refractivity contribution in [2.75, 3.05) is 36.4 Å². The number of ether oxygens (including phenoxy) is 1. The largest absolute Gasteiger partial charge is 0.485 e. The van der Waals surface area contributed by atoms with E-state index in [4.69, 9.17) is 9.26 Å². The molecule has 166 valence electrons. The quantitative estimate of drug-likeness (QED) is 0.630. The van der Waals surface area contributed by atoms with Gasteiger partial charge in [-0.2, -0.15) is 4.98 Å². The van der Waals surface area contributed by atoms with Gasteiger partial charge in [-0.15, -0.1) is 0 Å². The van der Waals surface area contributed by atoms with Crippen LogP contribution in [0.15, 0.2) is 53.1 Å². The highest BCUT2D eigenvalue weighted by molar-refractivity contribution is 5.90. The van der Waals surface area contributed by atoms with Crippen LogP contribution in [-0.4, -0.2) is 53.0 Å². The maximum atomic E-state index is 13.1. The van der Waals surface area contributed by atoms with Crippen molar-refractivity contribution in [3.63, 3.8) is 0 Å². The summed E-state index contributed by atoms with van der Waals surface area (Å²) in [6, 6.07) is 13.1. The molecule has 0 bridgehead atoms. The lowest BCUT2D eigenvalue weighted by Crippen LogP contribution is -2.48. The zero-order valence-corrected chi connectivity index (χ0v) is 17.5. The smallest absolute Gasteiger partial charge is 0.316 e. The Bertz CT molecular complexity index is 1080. The summed E-state index contributed by atoms with van der Waals surface area (Å²) in [6.45, 7) is 3.70. The van der Waals surface area contributed by atoms with Gasteiger partial charge in [-0.25, -0.2) is 4.39 Å². The number of benzene rings is 2. The number of piperazine rings is 1. The van der Waals surface area contributed by atoms with E-state index < -0.39 is 0 Å². The lowest BCUT2D eigenvalue weighted by Gasteiger charge is -2.35. The van der Waals surface area contributed by atoms with E-state index in [9.17, 15) is 14.0 Å². The van der Waals surface area contributed by atoms with Crippen LogP contribution >= 0.6 is 0 Å². The summed E-state index contributed by atoms with van der Waals surface area (Å²) in [7, 11) is 0. The van der Waals surface area contributed by atoms with Crippen molar-refractivity contribution >= 4 is 23.2 Å². The van der Waals surface area contributed by atoms with Gasteiger partial charge in [0.2, 0.25) is 11.7 Å². The highest BCUT2D eigenvalue weighted by atomic mass is 19.1. The third-order valence-electron chi connectivity index (χ3n) is 4.95. The second-order valence-corrected chi connectivity index (χ2v) is 7.27. The topological polar surface area (TPSA) is 101 Å². The van der Waals surface area contributed by atoms with Crippen molar-refractivity contribution in [2.45, 2.75) is 13.5 Å². The number of hydrogen-bond acceptors (Lipinski definition) is 7. The van der Waals surface area contributed by atoms with Gasteiger partial charge in [-0.05, 0) is 48.5 Å². The normalized spacial score (nSPS) is 13.7. The van der Waals surface area contributed by atoms with Gasteiger partial charge in [0.25, 0.3) is 0 Å². The van der Waals surface area contributed by atoms with Gasteiger partial charge in [0.05, 0.1) is 0 Å². The van der Waals surface area contributed by atoms with Crippen LogP contribution in [0.3, 0.4) is 0 Å². The molecule has 0 spiro atoms. The van der Waals surface area contributed by atoms with Crippen molar-refractivity contribution in [3.05, 3.63) is 66.1 Å². The summed E-state index contributed by atoms with van der Waals surface area (Å²) in [4.78, 5) is 31.6. The molecule has 0 unspecified atom stereocenters. The molecule has 1 fully saturated rings. The number of hydrogen-bond donors (Lipinski definition) is 1. The zero-order valence-electron chi connectivity index (χ0n) is 17.5. The minimum atomic E-state index is -0.331. The first-order valence-electron chi connectivity index (χ1n) is 10.1. The zero-order chi connectivity index (χ0) is 22.5. The van der Waals surface area contributed by atoms with Crippen LogP contribution in [0.25, 0.3) is 0 Å². The molecule has 2 aromatic carbocycles.